The van der Waals surface area contributed by atoms with Crippen LogP contribution < -0.4 is 0 Å². The minimum Gasteiger partial charge on any atom is -0.458 e. The van der Waals surface area contributed by atoms with Crippen molar-refractivity contribution >= 4 is 5.97 Å². The Bertz CT molecular complexity index is 1430. The number of rotatable bonds is 9. The van der Waals surface area contributed by atoms with Crippen molar-refractivity contribution in [2.24, 2.45) is 0 Å². The van der Waals surface area contributed by atoms with E-state index in [9.17, 15) is 26.7 Å². The number of aryl methyl sites for hydroxylation is 1. The first-order valence-electron chi connectivity index (χ1n) is 12.2. The number of ether oxygens (including phenoxy) is 1. The third kappa shape index (κ3) is 5.69. The second kappa shape index (κ2) is 11.0. The number of aromatic amines is 1. The number of halogens is 5. The van der Waals surface area contributed by atoms with Crippen LogP contribution in [-0.4, -0.2) is 43.2 Å². The molecule has 0 aliphatic carbocycles. The highest BCUT2D eigenvalue weighted by Crippen LogP contribution is 2.45. The van der Waals surface area contributed by atoms with E-state index in [1.165, 1.54) is 13.8 Å². The van der Waals surface area contributed by atoms with Crippen LogP contribution in [0.2, 0.25) is 0 Å². The molecule has 2 aromatic heterocycles. The molecule has 0 spiro atoms. The van der Waals surface area contributed by atoms with E-state index in [4.69, 9.17) is 4.74 Å². The summed E-state index contributed by atoms with van der Waals surface area (Å²) in [6, 6.07) is 14.6. The van der Waals surface area contributed by atoms with Gasteiger partial charge in [-0.2, -0.15) is 22.0 Å². The van der Waals surface area contributed by atoms with Crippen LogP contribution >= 0.6 is 0 Å². The molecular weight excluding hydrogens is 521 g/mol. The van der Waals surface area contributed by atoms with Crippen LogP contribution in [0.1, 0.15) is 54.8 Å². The molecule has 0 aliphatic heterocycles. The molecule has 0 saturated carbocycles. The van der Waals surface area contributed by atoms with Crippen molar-refractivity contribution in [2.75, 3.05) is 0 Å². The average Bonchev–Trinajstić information content (AvgIpc) is 3.53. The molecule has 0 radical (unpaired) electrons. The van der Waals surface area contributed by atoms with Gasteiger partial charge < -0.3 is 9.30 Å². The van der Waals surface area contributed by atoms with Gasteiger partial charge in [0.2, 0.25) is 0 Å². The quantitative estimate of drug-likeness (QED) is 0.190. The predicted octanol–water partition coefficient (Wildman–Crippen LogP) is 6.56. The zero-order chi connectivity index (χ0) is 28.4. The number of carbonyl (C=O) groups excluding carboxylic acids is 1. The SMILES string of the molecule is CCCc1nc(C(F)(F)C(F)(F)F)c(C(=O)OC(C)C)n1Cc1ccc(-c2ccccc2-c2cnn[nH]2)cc1. The Morgan fingerprint density at radius 1 is 1.03 bits per heavy atom. The monoisotopic (exact) mass is 547 g/mol. The average molecular weight is 548 g/mol. The van der Waals surface area contributed by atoms with Gasteiger partial charge in [0.05, 0.1) is 18.0 Å². The molecule has 0 saturated heterocycles. The van der Waals surface area contributed by atoms with Crippen LogP contribution in [0.25, 0.3) is 22.4 Å². The van der Waals surface area contributed by atoms with E-state index in [2.05, 4.69) is 20.4 Å². The number of benzene rings is 2. The van der Waals surface area contributed by atoms with Gasteiger partial charge in [-0.05, 0) is 37.0 Å². The van der Waals surface area contributed by atoms with Crippen LogP contribution in [0.4, 0.5) is 22.0 Å². The summed E-state index contributed by atoms with van der Waals surface area (Å²) in [4.78, 5) is 16.5. The predicted molar refractivity (Wildman–Crippen MR) is 133 cm³/mol. The number of hydrogen-bond donors (Lipinski definition) is 1. The van der Waals surface area contributed by atoms with Gasteiger partial charge in [-0.15, -0.1) is 5.10 Å². The van der Waals surface area contributed by atoms with Gasteiger partial charge in [0.1, 0.15) is 5.82 Å². The van der Waals surface area contributed by atoms with Crippen molar-refractivity contribution in [1.29, 1.82) is 0 Å². The fraction of sp³-hybridized carbons (Fsp3) is 0.333. The maximum absolute atomic E-state index is 14.6. The number of imidazole rings is 1. The fourth-order valence-corrected chi connectivity index (χ4v) is 4.18. The molecule has 0 aliphatic rings. The fourth-order valence-electron chi connectivity index (χ4n) is 4.18. The van der Waals surface area contributed by atoms with Crippen molar-refractivity contribution in [3.05, 3.63) is 77.5 Å². The largest absolute Gasteiger partial charge is 0.459 e. The third-order valence-electron chi connectivity index (χ3n) is 5.95. The lowest BCUT2D eigenvalue weighted by Gasteiger charge is -2.20. The van der Waals surface area contributed by atoms with Crippen molar-refractivity contribution in [1.82, 2.24) is 25.0 Å². The highest BCUT2D eigenvalue weighted by atomic mass is 19.4. The number of nitrogens with zero attached hydrogens (tertiary/aromatic N) is 4. The van der Waals surface area contributed by atoms with E-state index in [1.807, 2.05) is 24.3 Å². The normalized spacial score (nSPS) is 12.2. The highest BCUT2D eigenvalue weighted by molar-refractivity contribution is 5.89. The van der Waals surface area contributed by atoms with Crippen LogP contribution in [0.5, 0.6) is 0 Å². The summed E-state index contributed by atoms with van der Waals surface area (Å²) < 4.78 is 75.4. The molecule has 12 heteroatoms. The van der Waals surface area contributed by atoms with Crippen LogP contribution in [-0.2, 0) is 23.6 Å². The lowest BCUT2D eigenvalue weighted by Crippen LogP contribution is -2.36. The summed E-state index contributed by atoms with van der Waals surface area (Å²) in [6.07, 6.45) is -4.60. The first kappa shape index (κ1) is 27.9. The van der Waals surface area contributed by atoms with Crippen molar-refractivity contribution < 1.29 is 31.5 Å². The smallest absolute Gasteiger partial charge is 0.458 e. The maximum atomic E-state index is 14.6. The molecule has 7 nitrogen and oxygen atoms in total. The number of nitrogens with one attached hydrogen (secondary N) is 1. The minimum absolute atomic E-state index is 0.0618. The second-order valence-electron chi connectivity index (χ2n) is 9.20. The number of hydrogen-bond acceptors (Lipinski definition) is 5. The molecule has 39 heavy (non-hydrogen) atoms. The number of alkyl halides is 5. The summed E-state index contributed by atoms with van der Waals surface area (Å²) in [5.41, 5.74) is 1.27. The third-order valence-corrected chi connectivity index (χ3v) is 5.95. The summed E-state index contributed by atoms with van der Waals surface area (Å²) in [5.74, 6) is -6.70. The molecule has 206 valence electrons. The number of H-pyrrole nitrogens is 1. The van der Waals surface area contributed by atoms with E-state index in [0.29, 0.717) is 17.7 Å². The van der Waals surface area contributed by atoms with Gasteiger partial charge in [0, 0.05) is 18.5 Å². The highest BCUT2D eigenvalue weighted by Gasteiger charge is 2.62. The van der Waals surface area contributed by atoms with Crippen molar-refractivity contribution in [2.45, 2.75) is 58.4 Å². The van der Waals surface area contributed by atoms with E-state index >= 15 is 0 Å². The van der Waals surface area contributed by atoms with Crippen molar-refractivity contribution in [3.8, 4) is 22.4 Å². The summed E-state index contributed by atoms with van der Waals surface area (Å²) in [7, 11) is 0. The van der Waals surface area contributed by atoms with Crippen molar-refractivity contribution in [3.63, 3.8) is 0 Å². The molecular formula is C27H26F5N5O2. The van der Waals surface area contributed by atoms with Gasteiger partial charge in [0.25, 0.3) is 0 Å². The van der Waals surface area contributed by atoms with Crippen LogP contribution in [0, 0.1) is 0 Å². The standard InChI is InChI=1S/C27H26F5N5O2/c1-4-7-22-34-24(26(28,29)27(30,31)32)23(25(38)39-16(2)3)37(22)15-17-10-12-18(13-11-17)19-8-5-6-9-20(19)21-14-33-36-35-21/h5-6,8-14,16H,4,7,15H2,1-3H3,(H,33,35,36). The van der Waals surface area contributed by atoms with E-state index in [0.717, 1.165) is 21.3 Å². The summed E-state index contributed by atoms with van der Waals surface area (Å²) in [5, 5.41) is 10.4. The number of carbonyl (C=O) groups is 1. The van der Waals surface area contributed by atoms with E-state index < -0.39 is 35.6 Å². The molecule has 2 aromatic carbocycles. The Kier molecular flexibility index (Phi) is 7.84. The summed E-state index contributed by atoms with van der Waals surface area (Å²) in [6.45, 7) is 4.52. The molecule has 0 unspecified atom stereocenters. The maximum Gasteiger partial charge on any atom is 0.459 e. The van der Waals surface area contributed by atoms with Gasteiger partial charge >= 0.3 is 18.1 Å². The first-order chi connectivity index (χ1) is 18.4. The van der Waals surface area contributed by atoms with Crippen LogP contribution in [0.15, 0.2) is 54.7 Å². The molecule has 0 amide bonds. The number of aromatic nitrogens is 5. The molecule has 0 bridgehead atoms. The molecule has 4 rings (SSSR count). The first-order valence-corrected chi connectivity index (χ1v) is 12.2. The Morgan fingerprint density at radius 3 is 2.26 bits per heavy atom. The lowest BCUT2D eigenvalue weighted by molar-refractivity contribution is -0.291. The van der Waals surface area contributed by atoms with Gasteiger partial charge in [-0.25, -0.2) is 9.78 Å². The number of esters is 1. The van der Waals surface area contributed by atoms with Gasteiger partial charge in [0.15, 0.2) is 11.4 Å². The Hall–Kier alpha value is -4.09. The van der Waals surface area contributed by atoms with Crippen LogP contribution in [0.3, 0.4) is 0 Å². The molecule has 0 atom stereocenters. The zero-order valence-electron chi connectivity index (χ0n) is 21.4. The van der Waals surface area contributed by atoms with E-state index in [-0.39, 0.29) is 18.8 Å². The lowest BCUT2D eigenvalue weighted by atomic mass is 9.97. The molecule has 1 N–H and O–H groups in total. The second-order valence-corrected chi connectivity index (χ2v) is 9.20. The molecule has 0 fully saturated rings. The Labute approximate surface area is 221 Å². The minimum atomic E-state index is -5.94. The Balaban J connectivity index is 1.77. The molecule has 2 heterocycles. The van der Waals surface area contributed by atoms with Gasteiger partial charge in [-0.3, -0.25) is 5.10 Å². The van der Waals surface area contributed by atoms with Gasteiger partial charge in [-0.1, -0.05) is 60.7 Å². The Morgan fingerprint density at radius 2 is 1.69 bits per heavy atom. The van der Waals surface area contributed by atoms with E-state index in [1.54, 1.807) is 37.4 Å². The summed E-state index contributed by atoms with van der Waals surface area (Å²) >= 11 is 0. The molecule has 4 aromatic rings. The zero-order valence-corrected chi connectivity index (χ0v) is 21.4. The topological polar surface area (TPSA) is 85.7 Å².